The van der Waals surface area contributed by atoms with Gasteiger partial charge in [0.2, 0.25) is 0 Å². The summed E-state index contributed by atoms with van der Waals surface area (Å²) in [6.45, 7) is 7.54. The zero-order valence-corrected chi connectivity index (χ0v) is 13.5. The number of benzene rings is 1. The molecule has 0 aliphatic carbocycles. The normalized spacial score (nSPS) is 10.5. The molecule has 112 valence electrons. The van der Waals surface area contributed by atoms with Gasteiger partial charge in [0.25, 0.3) is 0 Å². The largest absolute Gasteiger partial charge is 0.488 e. The van der Waals surface area contributed by atoms with Gasteiger partial charge in [0, 0.05) is 23.3 Å². The highest BCUT2D eigenvalue weighted by Crippen LogP contribution is 2.28. The number of aryl methyl sites for hydroxylation is 2. The summed E-state index contributed by atoms with van der Waals surface area (Å²) in [7, 11) is 0. The second-order valence-corrected chi connectivity index (χ2v) is 5.53. The van der Waals surface area contributed by atoms with Crippen LogP contribution in [-0.4, -0.2) is 11.5 Å². The highest BCUT2D eigenvalue weighted by molar-refractivity contribution is 6.30. The van der Waals surface area contributed by atoms with E-state index in [1.807, 2.05) is 38.1 Å². The standard InChI is InChI=1S/C17H21ClN2O/c1-4-7-19-17-14(6-5-8-20-17)11-21-16-12(2)9-15(18)10-13(16)3/h5-6,8-10H,4,7,11H2,1-3H3,(H,19,20). The van der Waals surface area contributed by atoms with Crippen LogP contribution >= 0.6 is 11.6 Å². The van der Waals surface area contributed by atoms with Gasteiger partial charge in [-0.2, -0.15) is 0 Å². The van der Waals surface area contributed by atoms with Crippen molar-refractivity contribution in [2.45, 2.75) is 33.8 Å². The van der Waals surface area contributed by atoms with Crippen LogP contribution in [0.5, 0.6) is 5.75 Å². The first-order chi connectivity index (χ1) is 10.1. The average molecular weight is 305 g/mol. The molecule has 0 bridgehead atoms. The molecular formula is C17H21ClN2O. The molecule has 0 atom stereocenters. The maximum Gasteiger partial charge on any atom is 0.132 e. The molecule has 0 spiro atoms. The highest BCUT2D eigenvalue weighted by atomic mass is 35.5. The number of pyridine rings is 1. The van der Waals surface area contributed by atoms with E-state index < -0.39 is 0 Å². The van der Waals surface area contributed by atoms with E-state index in [0.29, 0.717) is 6.61 Å². The molecule has 0 aliphatic rings. The second-order valence-electron chi connectivity index (χ2n) is 5.10. The molecule has 4 heteroatoms. The molecule has 1 N–H and O–H groups in total. The van der Waals surface area contributed by atoms with Gasteiger partial charge in [-0.15, -0.1) is 0 Å². The number of nitrogens with one attached hydrogen (secondary N) is 1. The molecule has 2 aromatic rings. The van der Waals surface area contributed by atoms with Gasteiger partial charge in [-0.05, 0) is 49.6 Å². The molecule has 2 rings (SSSR count). The molecule has 0 amide bonds. The van der Waals surface area contributed by atoms with E-state index in [9.17, 15) is 0 Å². The van der Waals surface area contributed by atoms with Crippen molar-refractivity contribution < 1.29 is 4.74 Å². The third-order valence-corrected chi connectivity index (χ3v) is 3.45. The molecule has 0 unspecified atom stereocenters. The first-order valence-electron chi connectivity index (χ1n) is 7.19. The minimum atomic E-state index is 0.489. The molecular weight excluding hydrogens is 284 g/mol. The minimum Gasteiger partial charge on any atom is -0.488 e. The maximum atomic E-state index is 6.05. The second kappa shape index (κ2) is 7.32. The summed E-state index contributed by atoms with van der Waals surface area (Å²) >= 11 is 6.05. The molecule has 21 heavy (non-hydrogen) atoms. The molecule has 0 fully saturated rings. The minimum absolute atomic E-state index is 0.489. The number of halogens is 1. The van der Waals surface area contributed by atoms with E-state index in [1.54, 1.807) is 6.20 Å². The molecule has 1 aromatic carbocycles. The summed E-state index contributed by atoms with van der Waals surface area (Å²) in [4.78, 5) is 4.38. The summed E-state index contributed by atoms with van der Waals surface area (Å²) in [6, 6.07) is 7.80. The van der Waals surface area contributed by atoms with Crippen molar-refractivity contribution in [3.8, 4) is 5.75 Å². The quantitative estimate of drug-likeness (QED) is 0.836. The van der Waals surface area contributed by atoms with Crippen molar-refractivity contribution in [1.29, 1.82) is 0 Å². The Hall–Kier alpha value is -1.74. The monoisotopic (exact) mass is 304 g/mol. The Morgan fingerprint density at radius 3 is 2.62 bits per heavy atom. The molecule has 0 aliphatic heterocycles. The van der Waals surface area contributed by atoms with Gasteiger partial charge < -0.3 is 10.1 Å². The molecule has 1 heterocycles. The Balaban J connectivity index is 2.13. The van der Waals surface area contributed by atoms with Gasteiger partial charge in [0.1, 0.15) is 18.2 Å². The molecule has 0 radical (unpaired) electrons. The predicted octanol–water partition coefficient (Wildman–Crippen LogP) is 4.75. The van der Waals surface area contributed by atoms with E-state index >= 15 is 0 Å². The van der Waals surface area contributed by atoms with Crippen LogP contribution in [0, 0.1) is 13.8 Å². The van der Waals surface area contributed by atoms with Crippen LogP contribution in [0.1, 0.15) is 30.0 Å². The Labute approximate surface area is 131 Å². The van der Waals surface area contributed by atoms with Gasteiger partial charge >= 0.3 is 0 Å². The maximum absolute atomic E-state index is 6.05. The summed E-state index contributed by atoms with van der Waals surface area (Å²) < 4.78 is 5.99. The van der Waals surface area contributed by atoms with Gasteiger partial charge in [-0.25, -0.2) is 4.98 Å². The van der Waals surface area contributed by atoms with Gasteiger partial charge in [-0.3, -0.25) is 0 Å². The number of ether oxygens (including phenoxy) is 1. The third kappa shape index (κ3) is 4.11. The fraction of sp³-hybridized carbons (Fsp3) is 0.353. The Kier molecular flexibility index (Phi) is 5.45. The van der Waals surface area contributed by atoms with E-state index in [0.717, 1.165) is 46.2 Å². The lowest BCUT2D eigenvalue weighted by Crippen LogP contribution is -2.07. The van der Waals surface area contributed by atoms with E-state index in [1.165, 1.54) is 0 Å². The average Bonchev–Trinajstić information content (AvgIpc) is 2.45. The van der Waals surface area contributed by atoms with Crippen LogP contribution in [0.25, 0.3) is 0 Å². The molecule has 1 aromatic heterocycles. The van der Waals surface area contributed by atoms with Crippen LogP contribution in [-0.2, 0) is 6.61 Å². The molecule has 3 nitrogen and oxygen atoms in total. The highest BCUT2D eigenvalue weighted by Gasteiger charge is 2.08. The topological polar surface area (TPSA) is 34.2 Å². The van der Waals surface area contributed by atoms with Crippen LogP contribution in [0.4, 0.5) is 5.82 Å². The Bertz CT molecular complexity index is 590. The zero-order valence-electron chi connectivity index (χ0n) is 12.7. The fourth-order valence-electron chi connectivity index (χ4n) is 2.23. The first-order valence-corrected chi connectivity index (χ1v) is 7.57. The van der Waals surface area contributed by atoms with Crippen molar-refractivity contribution >= 4 is 17.4 Å². The number of hydrogen-bond donors (Lipinski definition) is 1. The van der Waals surface area contributed by atoms with Crippen molar-refractivity contribution in [3.05, 3.63) is 52.2 Å². The van der Waals surface area contributed by atoms with Crippen molar-refractivity contribution in [2.24, 2.45) is 0 Å². The van der Waals surface area contributed by atoms with Crippen molar-refractivity contribution in [3.63, 3.8) is 0 Å². The molecule has 0 saturated heterocycles. The van der Waals surface area contributed by atoms with Crippen molar-refractivity contribution in [2.75, 3.05) is 11.9 Å². The number of hydrogen-bond acceptors (Lipinski definition) is 3. The SMILES string of the molecule is CCCNc1ncccc1COc1c(C)cc(Cl)cc1C. The lowest BCUT2D eigenvalue weighted by Gasteiger charge is -2.15. The number of aromatic nitrogens is 1. The van der Waals surface area contributed by atoms with E-state index in [2.05, 4.69) is 17.2 Å². The number of anilines is 1. The number of nitrogens with zero attached hydrogens (tertiary/aromatic N) is 1. The zero-order chi connectivity index (χ0) is 15.2. The van der Waals surface area contributed by atoms with Crippen LogP contribution in [0.15, 0.2) is 30.5 Å². The first kappa shape index (κ1) is 15.6. The Morgan fingerprint density at radius 1 is 1.24 bits per heavy atom. The summed E-state index contributed by atoms with van der Waals surface area (Å²) in [5.74, 6) is 1.79. The van der Waals surface area contributed by atoms with E-state index in [-0.39, 0.29) is 0 Å². The lowest BCUT2D eigenvalue weighted by molar-refractivity contribution is 0.302. The number of rotatable bonds is 6. The van der Waals surface area contributed by atoms with Crippen LogP contribution in [0.2, 0.25) is 5.02 Å². The van der Waals surface area contributed by atoms with Gasteiger partial charge in [0.15, 0.2) is 0 Å². The van der Waals surface area contributed by atoms with Crippen LogP contribution < -0.4 is 10.1 Å². The smallest absolute Gasteiger partial charge is 0.132 e. The lowest BCUT2D eigenvalue weighted by atomic mass is 10.1. The third-order valence-electron chi connectivity index (χ3n) is 3.23. The van der Waals surface area contributed by atoms with Crippen LogP contribution in [0.3, 0.4) is 0 Å². The summed E-state index contributed by atoms with van der Waals surface area (Å²) in [5, 5.41) is 4.07. The van der Waals surface area contributed by atoms with Gasteiger partial charge in [0.05, 0.1) is 0 Å². The predicted molar refractivity (Wildman–Crippen MR) is 88.3 cm³/mol. The summed E-state index contributed by atoms with van der Waals surface area (Å²) in [6.07, 6.45) is 2.85. The van der Waals surface area contributed by atoms with Gasteiger partial charge in [-0.1, -0.05) is 24.6 Å². The fourth-order valence-corrected chi connectivity index (χ4v) is 2.56. The Morgan fingerprint density at radius 2 is 1.95 bits per heavy atom. The summed E-state index contributed by atoms with van der Waals surface area (Å²) in [5.41, 5.74) is 3.15. The van der Waals surface area contributed by atoms with Crippen molar-refractivity contribution in [1.82, 2.24) is 4.98 Å². The molecule has 0 saturated carbocycles. The van der Waals surface area contributed by atoms with E-state index in [4.69, 9.17) is 16.3 Å².